The van der Waals surface area contributed by atoms with Gasteiger partial charge in [0.2, 0.25) is 11.8 Å². The molecule has 1 fully saturated rings. The van der Waals surface area contributed by atoms with Gasteiger partial charge in [0, 0.05) is 37.9 Å². The Labute approximate surface area is 154 Å². The van der Waals surface area contributed by atoms with Crippen LogP contribution in [0.1, 0.15) is 37.7 Å². The van der Waals surface area contributed by atoms with Crippen molar-refractivity contribution in [1.29, 1.82) is 0 Å². The van der Waals surface area contributed by atoms with Gasteiger partial charge in [0.25, 0.3) is 0 Å². The van der Waals surface area contributed by atoms with Crippen LogP contribution in [0.3, 0.4) is 0 Å². The van der Waals surface area contributed by atoms with E-state index >= 15 is 0 Å². The average Bonchev–Trinajstić information content (AvgIpc) is 2.61. The Kier molecular flexibility index (Phi) is 8.06. The van der Waals surface area contributed by atoms with Gasteiger partial charge in [-0.2, -0.15) is 0 Å². The molecule has 0 spiro atoms. The van der Waals surface area contributed by atoms with Crippen molar-refractivity contribution in [3.8, 4) is 5.75 Å². The standard InChI is InChI=1S/C19H27ClN2O3/c1-15-5-2-3-6-17(15)25-14-4-7-19(24)22-12-9-16(10-13-22)21-18(23)8-11-20/h2-3,5-6,16H,4,7-14H2,1H3,(H,21,23). The third kappa shape index (κ3) is 6.58. The molecule has 0 aliphatic carbocycles. The molecule has 138 valence electrons. The largest absolute Gasteiger partial charge is 0.493 e. The molecule has 1 N–H and O–H groups in total. The van der Waals surface area contributed by atoms with Gasteiger partial charge in [-0.3, -0.25) is 9.59 Å². The number of para-hydroxylation sites is 1. The third-order valence-corrected chi connectivity index (χ3v) is 4.61. The fourth-order valence-corrected chi connectivity index (χ4v) is 3.11. The van der Waals surface area contributed by atoms with Crippen molar-refractivity contribution in [3.05, 3.63) is 29.8 Å². The number of hydrogen-bond donors (Lipinski definition) is 1. The zero-order chi connectivity index (χ0) is 18.1. The summed E-state index contributed by atoms with van der Waals surface area (Å²) >= 11 is 5.56. The number of likely N-dealkylation sites (tertiary alicyclic amines) is 1. The van der Waals surface area contributed by atoms with E-state index < -0.39 is 0 Å². The summed E-state index contributed by atoms with van der Waals surface area (Å²) in [7, 11) is 0. The molecule has 0 atom stereocenters. The number of nitrogens with zero attached hydrogens (tertiary/aromatic N) is 1. The highest BCUT2D eigenvalue weighted by Gasteiger charge is 2.23. The molecule has 1 aromatic rings. The number of nitrogens with one attached hydrogen (secondary N) is 1. The van der Waals surface area contributed by atoms with E-state index in [1.807, 2.05) is 36.1 Å². The summed E-state index contributed by atoms with van der Waals surface area (Å²) in [5.74, 6) is 1.38. The lowest BCUT2D eigenvalue weighted by molar-refractivity contribution is -0.132. The molecule has 1 aromatic carbocycles. The van der Waals surface area contributed by atoms with Gasteiger partial charge in [-0.1, -0.05) is 18.2 Å². The molecule has 1 aliphatic rings. The molecule has 2 amide bonds. The maximum absolute atomic E-state index is 12.3. The first-order valence-corrected chi connectivity index (χ1v) is 9.45. The number of alkyl halides is 1. The fraction of sp³-hybridized carbons (Fsp3) is 0.579. The first kappa shape index (κ1) is 19.6. The molecule has 5 nitrogen and oxygen atoms in total. The number of carbonyl (C=O) groups is 2. The van der Waals surface area contributed by atoms with Crippen LogP contribution in [0.4, 0.5) is 0 Å². The molecule has 0 saturated carbocycles. The zero-order valence-corrected chi connectivity index (χ0v) is 15.6. The van der Waals surface area contributed by atoms with E-state index in [0.717, 1.165) is 24.2 Å². The monoisotopic (exact) mass is 366 g/mol. The van der Waals surface area contributed by atoms with E-state index in [4.69, 9.17) is 16.3 Å². The second-order valence-electron chi connectivity index (χ2n) is 6.38. The van der Waals surface area contributed by atoms with Crippen LogP contribution in [-0.2, 0) is 9.59 Å². The maximum Gasteiger partial charge on any atom is 0.222 e. The minimum Gasteiger partial charge on any atom is -0.493 e. The van der Waals surface area contributed by atoms with Crippen LogP contribution >= 0.6 is 11.6 Å². The van der Waals surface area contributed by atoms with Crippen molar-refractivity contribution in [2.24, 2.45) is 0 Å². The number of aryl methyl sites for hydroxylation is 1. The summed E-state index contributed by atoms with van der Waals surface area (Å²) in [4.78, 5) is 25.7. The second kappa shape index (κ2) is 10.3. The number of benzene rings is 1. The average molecular weight is 367 g/mol. The number of carbonyl (C=O) groups excluding carboxylic acids is 2. The van der Waals surface area contributed by atoms with E-state index in [1.165, 1.54) is 0 Å². The second-order valence-corrected chi connectivity index (χ2v) is 6.76. The minimum absolute atomic E-state index is 0.00636. The molecule has 25 heavy (non-hydrogen) atoms. The predicted molar refractivity (Wildman–Crippen MR) is 99.0 cm³/mol. The molecule has 6 heteroatoms. The van der Waals surface area contributed by atoms with Gasteiger partial charge in [-0.25, -0.2) is 0 Å². The van der Waals surface area contributed by atoms with Crippen LogP contribution in [0.25, 0.3) is 0 Å². The van der Waals surface area contributed by atoms with E-state index in [9.17, 15) is 9.59 Å². The van der Waals surface area contributed by atoms with Gasteiger partial charge in [-0.15, -0.1) is 11.6 Å². The van der Waals surface area contributed by atoms with E-state index in [1.54, 1.807) is 0 Å². The van der Waals surface area contributed by atoms with Crippen molar-refractivity contribution in [2.45, 2.75) is 45.1 Å². The lowest BCUT2D eigenvalue weighted by atomic mass is 10.0. The van der Waals surface area contributed by atoms with E-state index in [2.05, 4.69) is 5.32 Å². The summed E-state index contributed by atoms with van der Waals surface area (Å²) in [6, 6.07) is 8.04. The number of rotatable bonds is 8. The molecular weight excluding hydrogens is 340 g/mol. The van der Waals surface area contributed by atoms with E-state index in [0.29, 0.717) is 44.8 Å². The summed E-state index contributed by atoms with van der Waals surface area (Å²) in [5.41, 5.74) is 1.10. The third-order valence-electron chi connectivity index (χ3n) is 4.42. The Morgan fingerprint density at radius 2 is 1.96 bits per heavy atom. The Morgan fingerprint density at radius 3 is 2.64 bits per heavy atom. The summed E-state index contributed by atoms with van der Waals surface area (Å²) < 4.78 is 5.73. The van der Waals surface area contributed by atoms with Crippen molar-refractivity contribution >= 4 is 23.4 Å². The first-order chi connectivity index (χ1) is 12.1. The van der Waals surface area contributed by atoms with Crippen molar-refractivity contribution in [1.82, 2.24) is 10.2 Å². The summed E-state index contributed by atoms with van der Waals surface area (Å²) in [6.07, 6.45) is 3.16. The molecular formula is C19H27ClN2O3. The van der Waals surface area contributed by atoms with Crippen LogP contribution in [0, 0.1) is 6.92 Å². The van der Waals surface area contributed by atoms with Gasteiger partial charge in [0.15, 0.2) is 0 Å². The van der Waals surface area contributed by atoms with Gasteiger partial charge in [0.1, 0.15) is 5.75 Å². The van der Waals surface area contributed by atoms with Crippen LogP contribution in [0.2, 0.25) is 0 Å². The number of piperidine rings is 1. The Hall–Kier alpha value is -1.75. The lowest BCUT2D eigenvalue weighted by Gasteiger charge is -2.32. The minimum atomic E-state index is -0.00636. The van der Waals surface area contributed by atoms with Gasteiger partial charge in [0.05, 0.1) is 6.61 Å². The predicted octanol–water partition coefficient (Wildman–Crippen LogP) is 2.89. The van der Waals surface area contributed by atoms with Crippen LogP contribution in [0.15, 0.2) is 24.3 Å². The molecule has 2 rings (SSSR count). The number of ether oxygens (including phenoxy) is 1. The fourth-order valence-electron chi connectivity index (χ4n) is 2.94. The number of halogens is 1. The molecule has 1 aliphatic heterocycles. The van der Waals surface area contributed by atoms with Gasteiger partial charge in [-0.05, 0) is 37.8 Å². The molecule has 1 saturated heterocycles. The SMILES string of the molecule is Cc1ccccc1OCCCC(=O)N1CCC(NC(=O)CCCl)CC1. The summed E-state index contributed by atoms with van der Waals surface area (Å²) in [6.45, 7) is 3.95. The van der Waals surface area contributed by atoms with Crippen molar-refractivity contribution in [3.63, 3.8) is 0 Å². The Balaban J connectivity index is 1.62. The quantitative estimate of drug-likeness (QED) is 0.568. The molecule has 0 radical (unpaired) electrons. The highest BCUT2D eigenvalue weighted by Crippen LogP contribution is 2.17. The first-order valence-electron chi connectivity index (χ1n) is 8.91. The van der Waals surface area contributed by atoms with Crippen LogP contribution < -0.4 is 10.1 Å². The molecule has 0 unspecified atom stereocenters. The van der Waals surface area contributed by atoms with Crippen LogP contribution in [-0.4, -0.2) is 48.3 Å². The Bertz CT molecular complexity index is 572. The zero-order valence-electron chi connectivity index (χ0n) is 14.8. The highest BCUT2D eigenvalue weighted by atomic mass is 35.5. The normalized spacial score (nSPS) is 15.0. The number of amides is 2. The van der Waals surface area contributed by atoms with Crippen molar-refractivity contribution < 1.29 is 14.3 Å². The summed E-state index contributed by atoms with van der Waals surface area (Å²) in [5, 5.41) is 2.97. The van der Waals surface area contributed by atoms with Crippen molar-refractivity contribution in [2.75, 3.05) is 25.6 Å². The van der Waals surface area contributed by atoms with E-state index in [-0.39, 0.29) is 17.9 Å². The molecule has 1 heterocycles. The Morgan fingerprint density at radius 1 is 1.24 bits per heavy atom. The highest BCUT2D eigenvalue weighted by molar-refractivity contribution is 6.18. The van der Waals surface area contributed by atoms with Gasteiger partial charge >= 0.3 is 0 Å². The lowest BCUT2D eigenvalue weighted by Crippen LogP contribution is -2.46. The smallest absolute Gasteiger partial charge is 0.222 e. The molecule has 0 aromatic heterocycles. The van der Waals surface area contributed by atoms with Crippen LogP contribution in [0.5, 0.6) is 5.75 Å². The van der Waals surface area contributed by atoms with Gasteiger partial charge < -0.3 is 15.0 Å². The molecule has 0 bridgehead atoms. The number of hydrogen-bond acceptors (Lipinski definition) is 3. The topological polar surface area (TPSA) is 58.6 Å². The maximum atomic E-state index is 12.3.